The van der Waals surface area contributed by atoms with Crippen molar-refractivity contribution in [2.75, 3.05) is 0 Å². The van der Waals surface area contributed by atoms with Gasteiger partial charge in [-0.1, -0.05) is 0 Å². The summed E-state index contributed by atoms with van der Waals surface area (Å²) < 4.78 is 1.50. The van der Waals surface area contributed by atoms with Gasteiger partial charge in [-0.15, -0.1) is 0 Å². The van der Waals surface area contributed by atoms with E-state index in [1.165, 1.54) is 23.8 Å². The van der Waals surface area contributed by atoms with Crippen LogP contribution in [0.1, 0.15) is 25.2 Å². The maximum absolute atomic E-state index is 11.4. The van der Waals surface area contributed by atoms with Crippen LogP contribution in [0.5, 0.6) is 0 Å². The molecule has 0 spiro atoms. The average molecular weight is 178 g/mol. The Balaban J connectivity index is 2.58. The highest BCUT2D eigenvalue weighted by molar-refractivity contribution is 5.80. The molecule has 1 aromatic rings. The third kappa shape index (κ3) is 1.18. The third-order valence-corrected chi connectivity index (χ3v) is 2.38. The lowest BCUT2D eigenvalue weighted by molar-refractivity contribution is -0.120. The van der Waals surface area contributed by atoms with Gasteiger partial charge in [-0.3, -0.25) is 14.2 Å². The highest BCUT2D eigenvalue weighted by Gasteiger charge is 2.26. The van der Waals surface area contributed by atoms with Gasteiger partial charge >= 0.3 is 0 Å². The molecule has 0 saturated heterocycles. The Kier molecular flexibility index (Phi) is 1.76. The fourth-order valence-corrected chi connectivity index (χ4v) is 1.76. The number of fused-ring (bicyclic) bond motifs is 1. The van der Waals surface area contributed by atoms with Gasteiger partial charge in [0.2, 0.25) is 0 Å². The number of ketones is 1. The van der Waals surface area contributed by atoms with Crippen molar-refractivity contribution in [2.24, 2.45) is 0 Å². The maximum Gasteiger partial charge on any atom is 0.254 e. The average Bonchev–Trinajstić information content (AvgIpc) is 2.49. The summed E-state index contributed by atoms with van der Waals surface area (Å²) in [5.74, 6) is 0.765. The summed E-state index contributed by atoms with van der Waals surface area (Å²) in [4.78, 5) is 26.6. The number of hydrogen-bond acceptors (Lipinski definition) is 3. The summed E-state index contributed by atoms with van der Waals surface area (Å²) in [5, 5.41) is 0. The van der Waals surface area contributed by atoms with Crippen LogP contribution in [-0.4, -0.2) is 15.3 Å². The number of hydrogen-bond donors (Lipinski definition) is 0. The highest BCUT2D eigenvalue weighted by Crippen LogP contribution is 2.21. The van der Waals surface area contributed by atoms with E-state index in [-0.39, 0.29) is 17.4 Å². The first-order chi connectivity index (χ1) is 6.20. The Morgan fingerprint density at radius 2 is 2.46 bits per heavy atom. The molecule has 4 heteroatoms. The Bertz CT molecular complexity index is 408. The van der Waals surface area contributed by atoms with Gasteiger partial charge in [-0.2, -0.15) is 0 Å². The number of carbonyl (C=O) groups excluding carboxylic acids is 1. The molecule has 1 atom stereocenters. The highest BCUT2D eigenvalue weighted by atomic mass is 16.1. The van der Waals surface area contributed by atoms with Crippen LogP contribution in [-0.2, 0) is 11.2 Å². The van der Waals surface area contributed by atoms with Gasteiger partial charge in [0.25, 0.3) is 5.56 Å². The molecule has 0 saturated carbocycles. The minimum atomic E-state index is -0.281. The first kappa shape index (κ1) is 8.16. The molecule has 68 valence electrons. The first-order valence-corrected chi connectivity index (χ1v) is 4.27. The third-order valence-electron chi connectivity index (χ3n) is 2.38. The lowest BCUT2D eigenvalue weighted by Gasteiger charge is -2.08. The van der Waals surface area contributed by atoms with Gasteiger partial charge in [-0.05, 0) is 13.3 Å². The summed E-state index contributed by atoms with van der Waals surface area (Å²) in [7, 11) is 0. The SMILES string of the molecule is CC(=O)[C@@H]1CCc2nccc(=O)n21. The Morgan fingerprint density at radius 3 is 3.15 bits per heavy atom. The molecule has 0 fully saturated rings. The van der Waals surface area contributed by atoms with E-state index in [1.54, 1.807) is 0 Å². The van der Waals surface area contributed by atoms with Crippen LogP contribution in [0.4, 0.5) is 0 Å². The Morgan fingerprint density at radius 1 is 1.69 bits per heavy atom. The molecule has 0 aromatic carbocycles. The first-order valence-electron chi connectivity index (χ1n) is 4.27. The molecule has 0 bridgehead atoms. The topological polar surface area (TPSA) is 52.0 Å². The largest absolute Gasteiger partial charge is 0.298 e. The van der Waals surface area contributed by atoms with Gasteiger partial charge in [-0.25, -0.2) is 4.98 Å². The molecule has 0 N–H and O–H groups in total. The van der Waals surface area contributed by atoms with Gasteiger partial charge in [0.05, 0.1) is 6.04 Å². The molecule has 1 aliphatic heterocycles. The monoisotopic (exact) mass is 178 g/mol. The number of Topliss-reactive ketones (excluding diaryl/α,β-unsaturated/α-hetero) is 1. The van der Waals surface area contributed by atoms with E-state index in [2.05, 4.69) is 4.98 Å². The molecule has 0 amide bonds. The molecular formula is C9H10N2O2. The van der Waals surface area contributed by atoms with E-state index in [1.807, 2.05) is 0 Å². The quantitative estimate of drug-likeness (QED) is 0.622. The second-order valence-electron chi connectivity index (χ2n) is 3.23. The van der Waals surface area contributed by atoms with Crippen LogP contribution in [0.2, 0.25) is 0 Å². The molecule has 1 aromatic heterocycles. The van der Waals surface area contributed by atoms with Crippen LogP contribution in [0.25, 0.3) is 0 Å². The van der Waals surface area contributed by atoms with Crippen LogP contribution in [0.3, 0.4) is 0 Å². The van der Waals surface area contributed by atoms with Crippen molar-refractivity contribution in [2.45, 2.75) is 25.8 Å². The van der Waals surface area contributed by atoms with Crippen molar-refractivity contribution in [1.29, 1.82) is 0 Å². The predicted molar refractivity (Wildman–Crippen MR) is 46.5 cm³/mol. The van der Waals surface area contributed by atoms with Crippen molar-refractivity contribution < 1.29 is 4.79 Å². The molecule has 0 aliphatic carbocycles. The fraction of sp³-hybridized carbons (Fsp3) is 0.444. The zero-order valence-corrected chi connectivity index (χ0v) is 7.36. The van der Waals surface area contributed by atoms with E-state index in [4.69, 9.17) is 0 Å². The Hall–Kier alpha value is -1.45. The van der Waals surface area contributed by atoms with E-state index in [9.17, 15) is 9.59 Å². The summed E-state index contributed by atoms with van der Waals surface area (Å²) in [6.45, 7) is 1.51. The van der Waals surface area contributed by atoms with Crippen LogP contribution >= 0.6 is 0 Å². The lowest BCUT2D eigenvalue weighted by atomic mass is 10.1. The zero-order valence-electron chi connectivity index (χ0n) is 7.36. The lowest BCUT2D eigenvalue weighted by Crippen LogP contribution is -2.26. The second kappa shape index (κ2) is 2.80. The Labute approximate surface area is 75.2 Å². The standard InChI is InChI=1S/C9H10N2O2/c1-6(12)7-2-3-8-10-5-4-9(13)11(7)8/h4-5,7H,2-3H2,1H3/t7-/m0/s1. The van der Waals surface area contributed by atoms with Crippen LogP contribution in [0, 0.1) is 0 Å². The van der Waals surface area contributed by atoms with Gasteiger partial charge in [0.15, 0.2) is 5.78 Å². The molecule has 4 nitrogen and oxygen atoms in total. The van der Waals surface area contributed by atoms with Crippen LogP contribution < -0.4 is 5.56 Å². The van der Waals surface area contributed by atoms with E-state index in [0.29, 0.717) is 6.42 Å². The van der Waals surface area contributed by atoms with Crippen molar-refractivity contribution in [1.82, 2.24) is 9.55 Å². The summed E-state index contributed by atoms with van der Waals surface area (Å²) in [5.41, 5.74) is -0.122. The van der Waals surface area contributed by atoms with Crippen molar-refractivity contribution in [3.05, 3.63) is 28.4 Å². The minimum absolute atomic E-state index is 0.0360. The predicted octanol–water partition coefficient (Wildman–Crippen LogP) is 0.320. The van der Waals surface area contributed by atoms with E-state index in [0.717, 1.165) is 12.2 Å². The van der Waals surface area contributed by atoms with Crippen molar-refractivity contribution in [3.8, 4) is 0 Å². The van der Waals surface area contributed by atoms with Gasteiger partial charge in [0, 0.05) is 18.7 Å². The van der Waals surface area contributed by atoms with Crippen molar-refractivity contribution in [3.63, 3.8) is 0 Å². The second-order valence-corrected chi connectivity index (χ2v) is 3.23. The molecule has 13 heavy (non-hydrogen) atoms. The zero-order chi connectivity index (χ0) is 9.42. The summed E-state index contributed by atoms with van der Waals surface area (Å²) in [6.07, 6.45) is 2.93. The van der Waals surface area contributed by atoms with Gasteiger partial charge < -0.3 is 0 Å². The molecule has 2 rings (SSSR count). The molecule has 1 aliphatic rings. The summed E-state index contributed by atoms with van der Waals surface area (Å²) >= 11 is 0. The normalized spacial score (nSPS) is 19.9. The van der Waals surface area contributed by atoms with Gasteiger partial charge in [0.1, 0.15) is 5.82 Å². The van der Waals surface area contributed by atoms with Crippen LogP contribution in [0.15, 0.2) is 17.1 Å². The maximum atomic E-state index is 11.4. The molecule has 0 radical (unpaired) electrons. The number of carbonyl (C=O) groups is 1. The number of rotatable bonds is 1. The fourth-order valence-electron chi connectivity index (χ4n) is 1.76. The number of aryl methyl sites for hydroxylation is 1. The molecule has 0 unspecified atom stereocenters. The van der Waals surface area contributed by atoms with E-state index < -0.39 is 0 Å². The van der Waals surface area contributed by atoms with E-state index >= 15 is 0 Å². The minimum Gasteiger partial charge on any atom is -0.298 e. The summed E-state index contributed by atoms with van der Waals surface area (Å²) in [6, 6.07) is 1.11. The molecular weight excluding hydrogens is 168 g/mol. The molecule has 2 heterocycles. The smallest absolute Gasteiger partial charge is 0.254 e. The number of nitrogens with zero attached hydrogens (tertiary/aromatic N) is 2. The number of aromatic nitrogens is 2. The van der Waals surface area contributed by atoms with Crippen molar-refractivity contribution >= 4 is 5.78 Å².